The van der Waals surface area contributed by atoms with Crippen LogP contribution in [0.15, 0.2) is 48.5 Å². The van der Waals surface area contributed by atoms with Crippen molar-refractivity contribution in [1.29, 1.82) is 0 Å². The van der Waals surface area contributed by atoms with Gasteiger partial charge in [0.1, 0.15) is 11.5 Å². The summed E-state index contributed by atoms with van der Waals surface area (Å²) in [6, 6.07) is 14.1. The highest BCUT2D eigenvalue weighted by atomic mass is 35.5. The van der Waals surface area contributed by atoms with E-state index in [1.54, 1.807) is 24.3 Å². The minimum atomic E-state index is -0.352. The molecule has 18 heavy (non-hydrogen) atoms. The molecule has 2 aromatic rings. The van der Waals surface area contributed by atoms with Gasteiger partial charge in [0.15, 0.2) is 0 Å². The van der Waals surface area contributed by atoms with E-state index in [4.69, 9.17) is 27.2 Å². The molecular formula is C14H14ClNO2. The van der Waals surface area contributed by atoms with Crippen LogP contribution in [0.3, 0.4) is 0 Å². The monoisotopic (exact) mass is 263 g/mol. The van der Waals surface area contributed by atoms with Crippen molar-refractivity contribution in [3.63, 3.8) is 0 Å². The van der Waals surface area contributed by atoms with Crippen LogP contribution in [0.2, 0.25) is 5.02 Å². The molecule has 3 N–H and O–H groups in total. The van der Waals surface area contributed by atoms with Gasteiger partial charge in [0, 0.05) is 5.02 Å². The number of aliphatic hydroxyl groups is 1. The number of benzene rings is 2. The molecule has 3 nitrogen and oxygen atoms in total. The maximum absolute atomic E-state index is 8.95. The lowest BCUT2D eigenvalue weighted by atomic mass is 10.1. The summed E-state index contributed by atoms with van der Waals surface area (Å²) in [5.74, 6) is 1.44. The Kier molecular flexibility index (Phi) is 4.20. The van der Waals surface area contributed by atoms with Crippen molar-refractivity contribution in [2.45, 2.75) is 6.04 Å². The predicted molar refractivity (Wildman–Crippen MR) is 72.0 cm³/mol. The Hall–Kier alpha value is -1.55. The van der Waals surface area contributed by atoms with Crippen LogP contribution >= 0.6 is 11.6 Å². The van der Waals surface area contributed by atoms with Gasteiger partial charge in [-0.05, 0) is 42.0 Å². The molecule has 0 amide bonds. The highest BCUT2D eigenvalue weighted by Gasteiger charge is 2.04. The molecule has 0 unspecified atom stereocenters. The Labute approximate surface area is 111 Å². The minimum absolute atomic E-state index is 0.0720. The first-order valence-corrected chi connectivity index (χ1v) is 5.96. The number of nitrogens with two attached hydrogens (primary N) is 1. The quantitative estimate of drug-likeness (QED) is 0.891. The molecule has 0 radical (unpaired) electrons. The molecule has 0 spiro atoms. The van der Waals surface area contributed by atoms with E-state index in [2.05, 4.69) is 0 Å². The van der Waals surface area contributed by atoms with E-state index >= 15 is 0 Å². The normalized spacial score (nSPS) is 12.2. The van der Waals surface area contributed by atoms with Crippen LogP contribution in [0.25, 0.3) is 0 Å². The molecule has 0 fully saturated rings. The Morgan fingerprint density at radius 2 is 1.50 bits per heavy atom. The van der Waals surface area contributed by atoms with Crippen molar-refractivity contribution in [3.05, 3.63) is 59.1 Å². The number of aliphatic hydroxyl groups excluding tert-OH is 1. The van der Waals surface area contributed by atoms with E-state index in [-0.39, 0.29) is 12.6 Å². The van der Waals surface area contributed by atoms with Gasteiger partial charge in [-0.2, -0.15) is 0 Å². The first-order valence-electron chi connectivity index (χ1n) is 5.59. The van der Waals surface area contributed by atoms with Crippen LogP contribution in [0, 0.1) is 0 Å². The Balaban J connectivity index is 2.08. The van der Waals surface area contributed by atoms with Gasteiger partial charge in [-0.25, -0.2) is 0 Å². The molecule has 2 aromatic carbocycles. The van der Waals surface area contributed by atoms with Crippen LogP contribution in [-0.4, -0.2) is 11.7 Å². The van der Waals surface area contributed by atoms with Crippen LogP contribution in [-0.2, 0) is 0 Å². The van der Waals surface area contributed by atoms with E-state index in [0.29, 0.717) is 10.8 Å². The number of rotatable bonds is 4. The standard InChI is InChI=1S/C14H14ClNO2/c15-11-3-7-13(8-4-11)18-12-5-1-10(2-6-12)14(16)9-17/h1-8,14,17H,9,16H2/t14-/m0/s1. The molecule has 0 aliphatic heterocycles. The molecular weight excluding hydrogens is 250 g/mol. The van der Waals surface area contributed by atoms with Gasteiger partial charge in [-0.15, -0.1) is 0 Å². The largest absolute Gasteiger partial charge is 0.457 e. The van der Waals surface area contributed by atoms with Crippen molar-refractivity contribution >= 4 is 11.6 Å². The third kappa shape index (κ3) is 3.23. The van der Waals surface area contributed by atoms with Crippen molar-refractivity contribution in [1.82, 2.24) is 0 Å². The summed E-state index contributed by atoms with van der Waals surface area (Å²) in [6.07, 6.45) is 0. The fraction of sp³-hybridized carbons (Fsp3) is 0.143. The van der Waals surface area contributed by atoms with Crippen molar-refractivity contribution < 1.29 is 9.84 Å². The maximum Gasteiger partial charge on any atom is 0.127 e. The smallest absolute Gasteiger partial charge is 0.127 e. The number of hydrogen-bond donors (Lipinski definition) is 2. The van der Waals surface area contributed by atoms with Gasteiger partial charge < -0.3 is 15.6 Å². The molecule has 0 saturated heterocycles. The van der Waals surface area contributed by atoms with Crippen LogP contribution in [0.4, 0.5) is 0 Å². The number of ether oxygens (including phenoxy) is 1. The zero-order chi connectivity index (χ0) is 13.0. The predicted octanol–water partition coefficient (Wildman–Crippen LogP) is 3.12. The molecule has 0 aromatic heterocycles. The number of halogens is 1. The molecule has 2 rings (SSSR count). The van der Waals surface area contributed by atoms with Gasteiger partial charge in [0.2, 0.25) is 0 Å². The van der Waals surface area contributed by atoms with Crippen molar-refractivity contribution in [3.8, 4) is 11.5 Å². The molecule has 4 heteroatoms. The van der Waals surface area contributed by atoms with Crippen LogP contribution in [0.1, 0.15) is 11.6 Å². The second-order valence-corrected chi connectivity index (χ2v) is 4.35. The summed E-state index contributed by atoms with van der Waals surface area (Å²) in [4.78, 5) is 0. The van der Waals surface area contributed by atoms with E-state index in [1.165, 1.54) is 0 Å². The minimum Gasteiger partial charge on any atom is -0.457 e. The highest BCUT2D eigenvalue weighted by Crippen LogP contribution is 2.24. The lowest BCUT2D eigenvalue weighted by Gasteiger charge is -2.10. The summed E-state index contributed by atoms with van der Waals surface area (Å²) in [5.41, 5.74) is 6.58. The Morgan fingerprint density at radius 3 is 2.00 bits per heavy atom. The van der Waals surface area contributed by atoms with E-state index in [9.17, 15) is 0 Å². The van der Waals surface area contributed by atoms with Crippen molar-refractivity contribution in [2.24, 2.45) is 5.73 Å². The maximum atomic E-state index is 8.95. The van der Waals surface area contributed by atoms with Gasteiger partial charge >= 0.3 is 0 Å². The summed E-state index contributed by atoms with van der Waals surface area (Å²) in [5, 5.41) is 9.62. The molecule has 0 aliphatic rings. The topological polar surface area (TPSA) is 55.5 Å². The summed E-state index contributed by atoms with van der Waals surface area (Å²) >= 11 is 5.79. The van der Waals surface area contributed by atoms with Crippen LogP contribution in [0.5, 0.6) is 11.5 Å². The summed E-state index contributed by atoms with van der Waals surface area (Å²) in [7, 11) is 0. The Bertz CT molecular complexity index is 496. The van der Waals surface area contributed by atoms with Gasteiger partial charge in [-0.3, -0.25) is 0 Å². The third-order valence-corrected chi connectivity index (χ3v) is 2.81. The first-order chi connectivity index (χ1) is 8.69. The van der Waals surface area contributed by atoms with Gasteiger partial charge in [0.05, 0.1) is 12.6 Å². The molecule has 0 bridgehead atoms. The zero-order valence-corrected chi connectivity index (χ0v) is 10.5. The fourth-order valence-electron chi connectivity index (χ4n) is 1.53. The fourth-order valence-corrected chi connectivity index (χ4v) is 1.65. The third-order valence-electron chi connectivity index (χ3n) is 2.55. The lowest BCUT2D eigenvalue weighted by molar-refractivity contribution is 0.268. The number of hydrogen-bond acceptors (Lipinski definition) is 3. The van der Waals surface area contributed by atoms with E-state index < -0.39 is 0 Å². The average molecular weight is 264 g/mol. The molecule has 0 saturated carbocycles. The second-order valence-electron chi connectivity index (χ2n) is 3.91. The zero-order valence-electron chi connectivity index (χ0n) is 9.71. The van der Waals surface area contributed by atoms with Gasteiger partial charge in [-0.1, -0.05) is 23.7 Å². The molecule has 1 atom stereocenters. The second kappa shape index (κ2) is 5.87. The molecule has 0 heterocycles. The van der Waals surface area contributed by atoms with Crippen LogP contribution < -0.4 is 10.5 Å². The summed E-state index contributed by atoms with van der Waals surface area (Å²) in [6.45, 7) is -0.0720. The molecule has 0 aliphatic carbocycles. The first kappa shape index (κ1) is 12.9. The Morgan fingerprint density at radius 1 is 1.00 bits per heavy atom. The average Bonchev–Trinajstić information content (AvgIpc) is 2.41. The van der Waals surface area contributed by atoms with Gasteiger partial charge in [0.25, 0.3) is 0 Å². The highest BCUT2D eigenvalue weighted by molar-refractivity contribution is 6.30. The lowest BCUT2D eigenvalue weighted by Crippen LogP contribution is -2.14. The van der Waals surface area contributed by atoms with E-state index in [1.807, 2.05) is 24.3 Å². The summed E-state index contributed by atoms with van der Waals surface area (Å²) < 4.78 is 5.64. The molecule has 94 valence electrons. The SMILES string of the molecule is N[C@@H](CO)c1ccc(Oc2ccc(Cl)cc2)cc1. The van der Waals surface area contributed by atoms with E-state index in [0.717, 1.165) is 11.3 Å². The van der Waals surface area contributed by atoms with Crippen molar-refractivity contribution in [2.75, 3.05) is 6.61 Å².